The number of piperidine rings is 1. The second kappa shape index (κ2) is 4.36. The van der Waals surface area contributed by atoms with Crippen molar-refractivity contribution in [1.82, 2.24) is 5.32 Å². The maximum atomic E-state index is 3.48. The first-order valence-electron chi connectivity index (χ1n) is 6.15. The first-order valence-corrected chi connectivity index (χ1v) is 6.15. The van der Waals surface area contributed by atoms with Crippen LogP contribution in [0, 0.1) is 6.92 Å². The van der Waals surface area contributed by atoms with E-state index < -0.39 is 0 Å². The minimum Gasteiger partial charge on any atom is -0.308 e. The van der Waals surface area contributed by atoms with Crippen LogP contribution in [0.5, 0.6) is 0 Å². The Morgan fingerprint density at radius 2 is 1.53 bits per heavy atom. The molecule has 1 saturated heterocycles. The van der Waals surface area contributed by atoms with E-state index in [1.807, 2.05) is 13.8 Å². The summed E-state index contributed by atoms with van der Waals surface area (Å²) in [5, 5.41) is 3.48. The summed E-state index contributed by atoms with van der Waals surface area (Å²) < 4.78 is 0. The molecule has 0 aromatic heterocycles. The molecule has 1 heterocycles. The number of benzene rings is 1. The van der Waals surface area contributed by atoms with Gasteiger partial charge in [-0.2, -0.15) is 0 Å². The summed E-state index contributed by atoms with van der Waals surface area (Å²) in [7, 11) is 0. The molecule has 2 aliphatic rings. The highest BCUT2D eigenvalue weighted by Crippen LogP contribution is 2.41. The van der Waals surface area contributed by atoms with Gasteiger partial charge in [-0.15, -0.1) is 0 Å². The van der Waals surface area contributed by atoms with Crippen molar-refractivity contribution in [3.63, 3.8) is 0 Å². The van der Waals surface area contributed by atoms with Gasteiger partial charge in [0.2, 0.25) is 0 Å². The van der Waals surface area contributed by atoms with Gasteiger partial charge in [-0.1, -0.05) is 43.7 Å². The minimum atomic E-state index is 0.830. The van der Waals surface area contributed by atoms with Crippen LogP contribution in [-0.2, 0) is 0 Å². The van der Waals surface area contributed by atoms with Gasteiger partial charge in [0.1, 0.15) is 0 Å². The van der Waals surface area contributed by atoms with Crippen molar-refractivity contribution in [2.45, 2.75) is 51.6 Å². The van der Waals surface area contributed by atoms with E-state index in [4.69, 9.17) is 0 Å². The Hall–Kier alpha value is -0.820. The molecule has 1 heteroatoms. The second-order valence-corrected chi connectivity index (χ2v) is 4.46. The van der Waals surface area contributed by atoms with Crippen LogP contribution in [0.15, 0.2) is 24.3 Å². The molecule has 0 radical (unpaired) electrons. The molecule has 1 aliphatic heterocycles. The van der Waals surface area contributed by atoms with E-state index in [-0.39, 0.29) is 0 Å². The maximum Gasteiger partial charge on any atom is 0.0230 e. The van der Waals surface area contributed by atoms with Crippen LogP contribution < -0.4 is 5.32 Å². The molecule has 1 N–H and O–H groups in total. The molecule has 1 saturated carbocycles. The Kier molecular flexibility index (Phi) is 3.11. The van der Waals surface area contributed by atoms with E-state index >= 15 is 0 Å². The van der Waals surface area contributed by atoms with Crippen LogP contribution >= 0.6 is 0 Å². The Morgan fingerprint density at radius 1 is 1.00 bits per heavy atom. The van der Waals surface area contributed by atoms with Crippen molar-refractivity contribution >= 4 is 0 Å². The smallest absolute Gasteiger partial charge is 0.0230 e. The van der Waals surface area contributed by atoms with Crippen molar-refractivity contribution in [3.8, 4) is 0 Å². The highest BCUT2D eigenvalue weighted by molar-refractivity contribution is 5.28. The van der Waals surface area contributed by atoms with Gasteiger partial charge in [0, 0.05) is 12.1 Å². The minimum absolute atomic E-state index is 0.830. The Labute approximate surface area is 92.9 Å². The largest absolute Gasteiger partial charge is 0.308 e. The lowest BCUT2D eigenvalue weighted by atomic mass is 9.96. The highest BCUT2D eigenvalue weighted by Gasteiger charge is 2.45. The summed E-state index contributed by atoms with van der Waals surface area (Å²) in [5.74, 6) is 0.830. The fourth-order valence-electron chi connectivity index (χ4n) is 2.50. The number of aryl methyl sites for hydroxylation is 1. The fraction of sp³-hybridized carbons (Fsp3) is 0.571. The zero-order chi connectivity index (χ0) is 10.8. The third-order valence-electron chi connectivity index (χ3n) is 3.43. The predicted octanol–water partition coefficient (Wildman–Crippen LogP) is 3.24. The lowest BCUT2D eigenvalue weighted by Crippen LogP contribution is -2.03. The van der Waals surface area contributed by atoms with E-state index in [1.165, 1.54) is 18.4 Å². The summed E-state index contributed by atoms with van der Waals surface area (Å²) in [6, 6.07) is 10.8. The first-order chi connectivity index (χ1) is 7.33. The van der Waals surface area contributed by atoms with Crippen LogP contribution in [0.25, 0.3) is 0 Å². The summed E-state index contributed by atoms with van der Waals surface area (Å²) in [5.41, 5.74) is 2.91. The average molecular weight is 203 g/mol. The van der Waals surface area contributed by atoms with E-state index in [2.05, 4.69) is 36.5 Å². The van der Waals surface area contributed by atoms with Crippen molar-refractivity contribution in [3.05, 3.63) is 35.4 Å². The molecule has 2 unspecified atom stereocenters. The van der Waals surface area contributed by atoms with Gasteiger partial charge in [-0.25, -0.2) is 0 Å². The third kappa shape index (κ3) is 2.23. The van der Waals surface area contributed by atoms with Gasteiger partial charge in [0.25, 0.3) is 0 Å². The van der Waals surface area contributed by atoms with E-state index in [0.29, 0.717) is 0 Å². The molecule has 0 spiro atoms. The van der Waals surface area contributed by atoms with Crippen LogP contribution in [0.4, 0.5) is 0 Å². The Balaban J connectivity index is 0.000000404. The van der Waals surface area contributed by atoms with Crippen molar-refractivity contribution in [2.75, 3.05) is 0 Å². The van der Waals surface area contributed by atoms with Crippen LogP contribution in [-0.4, -0.2) is 12.1 Å². The molecule has 1 aliphatic carbocycles. The molecule has 82 valence electrons. The zero-order valence-corrected chi connectivity index (χ0v) is 9.96. The fourth-order valence-corrected chi connectivity index (χ4v) is 2.50. The zero-order valence-electron chi connectivity index (χ0n) is 9.96. The molecule has 1 nitrogen and oxygen atoms in total. The summed E-state index contributed by atoms with van der Waals surface area (Å²) in [4.78, 5) is 0. The van der Waals surface area contributed by atoms with E-state index in [0.717, 1.165) is 18.0 Å². The van der Waals surface area contributed by atoms with E-state index in [9.17, 15) is 0 Å². The van der Waals surface area contributed by atoms with Gasteiger partial charge in [0.05, 0.1) is 0 Å². The lowest BCUT2D eigenvalue weighted by molar-refractivity contribution is 0.633. The molecule has 3 rings (SSSR count). The van der Waals surface area contributed by atoms with E-state index in [1.54, 1.807) is 5.56 Å². The normalized spacial score (nSPS) is 31.5. The Morgan fingerprint density at radius 3 is 2.07 bits per heavy atom. The monoisotopic (exact) mass is 203 g/mol. The topological polar surface area (TPSA) is 21.9 Å². The first kappa shape index (κ1) is 10.7. The molecule has 2 fully saturated rings. The molecular formula is C14H21N. The van der Waals surface area contributed by atoms with Gasteiger partial charge in [-0.05, 0) is 31.2 Å². The molecule has 0 bridgehead atoms. The van der Waals surface area contributed by atoms with Crippen LogP contribution in [0.3, 0.4) is 0 Å². The highest BCUT2D eigenvalue weighted by atomic mass is 15.2. The standard InChI is InChI=1S/C12H15N.C2H6/c1-8-2-4-9(5-3-8)10-6-11-12(7-10)13-11;1-2/h2-5,10-13H,6-7H2,1H3;1-2H3/t10?,11-,12?;/m1./s1. The van der Waals surface area contributed by atoms with Gasteiger partial charge in [0.15, 0.2) is 0 Å². The average Bonchev–Trinajstić information content (AvgIpc) is 2.90. The summed E-state index contributed by atoms with van der Waals surface area (Å²) in [6.45, 7) is 6.15. The quantitative estimate of drug-likeness (QED) is 0.695. The molecule has 1 aromatic rings. The van der Waals surface area contributed by atoms with Gasteiger partial charge < -0.3 is 5.32 Å². The van der Waals surface area contributed by atoms with Crippen LogP contribution in [0.2, 0.25) is 0 Å². The molecule has 0 amide bonds. The van der Waals surface area contributed by atoms with Crippen LogP contribution in [0.1, 0.15) is 43.7 Å². The van der Waals surface area contributed by atoms with Gasteiger partial charge in [-0.3, -0.25) is 0 Å². The third-order valence-corrected chi connectivity index (χ3v) is 3.43. The maximum absolute atomic E-state index is 3.48. The SMILES string of the molecule is CC.Cc1ccc(C2CC3N[C@@H]3C2)cc1. The second-order valence-electron chi connectivity index (χ2n) is 4.46. The summed E-state index contributed by atoms with van der Waals surface area (Å²) >= 11 is 0. The lowest BCUT2D eigenvalue weighted by Gasteiger charge is -2.11. The van der Waals surface area contributed by atoms with Crippen molar-refractivity contribution in [2.24, 2.45) is 0 Å². The number of hydrogen-bond acceptors (Lipinski definition) is 1. The predicted molar refractivity (Wildman–Crippen MR) is 65.2 cm³/mol. The van der Waals surface area contributed by atoms with Gasteiger partial charge >= 0.3 is 0 Å². The number of fused-ring (bicyclic) bond motifs is 1. The molecular weight excluding hydrogens is 182 g/mol. The van der Waals surface area contributed by atoms with Crippen molar-refractivity contribution < 1.29 is 0 Å². The number of rotatable bonds is 1. The molecule has 15 heavy (non-hydrogen) atoms. The molecule has 3 atom stereocenters. The van der Waals surface area contributed by atoms with Crippen molar-refractivity contribution in [1.29, 1.82) is 0 Å². The number of nitrogens with one attached hydrogen (secondary N) is 1. The Bertz CT molecular complexity index is 305. The molecule has 1 aromatic carbocycles. The summed E-state index contributed by atoms with van der Waals surface area (Å²) in [6.07, 6.45) is 2.71. The number of hydrogen-bond donors (Lipinski definition) is 1.